The Balaban J connectivity index is 1.77. The number of carbonyl (C=O) groups is 1. The lowest BCUT2D eigenvalue weighted by atomic mass is 9.89. The molecule has 3 nitrogen and oxygen atoms in total. The van der Waals surface area contributed by atoms with Crippen molar-refractivity contribution in [2.24, 2.45) is 0 Å². The van der Waals surface area contributed by atoms with Crippen molar-refractivity contribution >= 4 is 5.78 Å². The molecule has 1 atom stereocenters. The molecule has 138 valence electrons. The van der Waals surface area contributed by atoms with E-state index in [-0.39, 0.29) is 11.7 Å². The van der Waals surface area contributed by atoms with Crippen molar-refractivity contribution < 1.29 is 14.4 Å². The number of hydrogen-bond donors (Lipinski definition) is 1. The third kappa shape index (κ3) is 4.95. The van der Waals surface area contributed by atoms with Crippen molar-refractivity contribution in [2.75, 3.05) is 26.2 Å². The molecule has 0 spiro atoms. The van der Waals surface area contributed by atoms with E-state index in [1.807, 2.05) is 42.5 Å². The topological polar surface area (TPSA) is 30.7 Å². The maximum absolute atomic E-state index is 13.3. The zero-order valence-electron chi connectivity index (χ0n) is 15.7. The number of ether oxygens (including phenoxy) is 1. The Morgan fingerprint density at radius 1 is 1.00 bits per heavy atom. The van der Waals surface area contributed by atoms with Crippen LogP contribution in [0.5, 0.6) is 5.75 Å². The molecule has 1 aliphatic heterocycles. The largest absolute Gasteiger partial charge is 0.494 e. The summed E-state index contributed by atoms with van der Waals surface area (Å²) in [5.41, 5.74) is 1.90. The molecule has 0 unspecified atom stereocenters. The third-order valence-corrected chi connectivity index (χ3v) is 5.18. The van der Waals surface area contributed by atoms with Gasteiger partial charge < -0.3 is 9.64 Å². The van der Waals surface area contributed by atoms with Gasteiger partial charge in [0.1, 0.15) is 5.75 Å². The average molecular weight is 352 g/mol. The number of hydrogen-bond acceptors (Lipinski definition) is 2. The quantitative estimate of drug-likeness (QED) is 0.737. The van der Waals surface area contributed by atoms with Crippen LogP contribution in [0.2, 0.25) is 0 Å². The standard InChI is InChI=1S/C23H29NO2/c1-2-17-26-21-13-11-20(12-14-21)23(25)22(19-9-5-3-6-10-19)18-24-15-7-4-8-16-24/h3,5-6,9-14,22H,2,4,7-8,15-18H2,1H3/p+1/t22-/m0/s1. The predicted octanol–water partition coefficient (Wildman–Crippen LogP) is 3.51. The highest BCUT2D eigenvalue weighted by Gasteiger charge is 2.27. The molecule has 3 heteroatoms. The predicted molar refractivity (Wildman–Crippen MR) is 105 cm³/mol. The molecule has 0 amide bonds. The summed E-state index contributed by atoms with van der Waals surface area (Å²) in [6.45, 7) is 6.04. The van der Waals surface area contributed by atoms with Gasteiger partial charge in [-0.2, -0.15) is 0 Å². The molecule has 2 aromatic carbocycles. The molecule has 2 aromatic rings. The smallest absolute Gasteiger partial charge is 0.175 e. The summed E-state index contributed by atoms with van der Waals surface area (Å²) in [5, 5.41) is 0. The minimum atomic E-state index is -0.0771. The average Bonchev–Trinajstić information content (AvgIpc) is 2.72. The summed E-state index contributed by atoms with van der Waals surface area (Å²) < 4.78 is 5.64. The van der Waals surface area contributed by atoms with Gasteiger partial charge >= 0.3 is 0 Å². The van der Waals surface area contributed by atoms with Crippen molar-refractivity contribution in [3.63, 3.8) is 0 Å². The molecule has 0 aromatic heterocycles. The Labute approximate surface area is 157 Å². The summed E-state index contributed by atoms with van der Waals surface area (Å²) in [4.78, 5) is 14.8. The normalized spacial score (nSPS) is 16.2. The van der Waals surface area contributed by atoms with Gasteiger partial charge in [-0.1, -0.05) is 37.3 Å². The van der Waals surface area contributed by atoms with Gasteiger partial charge in [0, 0.05) is 5.56 Å². The van der Waals surface area contributed by atoms with E-state index in [1.54, 1.807) is 4.90 Å². The van der Waals surface area contributed by atoms with E-state index < -0.39 is 0 Å². The lowest BCUT2D eigenvalue weighted by molar-refractivity contribution is -0.905. The van der Waals surface area contributed by atoms with Crippen LogP contribution < -0.4 is 9.64 Å². The summed E-state index contributed by atoms with van der Waals surface area (Å²) in [7, 11) is 0. The Morgan fingerprint density at radius 2 is 1.69 bits per heavy atom. The van der Waals surface area contributed by atoms with E-state index in [2.05, 4.69) is 19.1 Å². The summed E-state index contributed by atoms with van der Waals surface area (Å²) >= 11 is 0. The maximum Gasteiger partial charge on any atom is 0.175 e. The number of rotatable bonds is 8. The van der Waals surface area contributed by atoms with E-state index in [9.17, 15) is 4.79 Å². The highest BCUT2D eigenvalue weighted by Crippen LogP contribution is 2.22. The maximum atomic E-state index is 13.3. The molecular weight excluding hydrogens is 322 g/mol. The second kappa shape index (κ2) is 9.54. The first-order valence-electron chi connectivity index (χ1n) is 9.93. The Bertz CT molecular complexity index is 675. The van der Waals surface area contributed by atoms with Crippen LogP contribution in [0.4, 0.5) is 0 Å². The van der Waals surface area contributed by atoms with E-state index in [4.69, 9.17) is 4.74 Å². The fraction of sp³-hybridized carbons (Fsp3) is 0.435. The molecule has 0 radical (unpaired) electrons. The van der Waals surface area contributed by atoms with Crippen LogP contribution >= 0.6 is 0 Å². The Hall–Kier alpha value is -2.13. The van der Waals surface area contributed by atoms with Crippen LogP contribution in [0.3, 0.4) is 0 Å². The van der Waals surface area contributed by atoms with Crippen molar-refractivity contribution in [3.05, 3.63) is 65.7 Å². The second-order valence-corrected chi connectivity index (χ2v) is 7.22. The number of ketones is 1. The first kappa shape index (κ1) is 18.7. The highest BCUT2D eigenvalue weighted by molar-refractivity contribution is 6.01. The lowest BCUT2D eigenvalue weighted by Gasteiger charge is -2.27. The van der Waals surface area contributed by atoms with Crippen molar-refractivity contribution in [1.29, 1.82) is 0 Å². The first-order chi connectivity index (χ1) is 12.8. The molecule has 1 heterocycles. The fourth-order valence-corrected chi connectivity index (χ4v) is 3.73. The van der Waals surface area contributed by atoms with E-state index >= 15 is 0 Å². The molecule has 1 aliphatic rings. The minimum absolute atomic E-state index is 0.0771. The second-order valence-electron chi connectivity index (χ2n) is 7.22. The van der Waals surface area contributed by atoms with Crippen molar-refractivity contribution in [2.45, 2.75) is 38.5 Å². The van der Waals surface area contributed by atoms with Gasteiger partial charge in [-0.3, -0.25) is 4.79 Å². The molecule has 1 fully saturated rings. The monoisotopic (exact) mass is 352 g/mol. The van der Waals surface area contributed by atoms with Gasteiger partial charge in [0.25, 0.3) is 0 Å². The fourth-order valence-electron chi connectivity index (χ4n) is 3.73. The highest BCUT2D eigenvalue weighted by atomic mass is 16.5. The van der Waals surface area contributed by atoms with Crippen molar-refractivity contribution in [3.8, 4) is 5.75 Å². The van der Waals surface area contributed by atoms with Crippen LogP contribution in [-0.2, 0) is 0 Å². The van der Waals surface area contributed by atoms with Crippen molar-refractivity contribution in [1.82, 2.24) is 0 Å². The number of benzene rings is 2. The molecule has 3 rings (SSSR count). The number of quaternary nitrogens is 1. The van der Waals surface area contributed by atoms with Crippen LogP contribution in [0.15, 0.2) is 54.6 Å². The van der Waals surface area contributed by atoms with Gasteiger partial charge in [0.15, 0.2) is 5.78 Å². The summed E-state index contributed by atoms with van der Waals surface area (Å²) in [6, 6.07) is 17.9. The van der Waals surface area contributed by atoms with Gasteiger partial charge in [-0.25, -0.2) is 0 Å². The molecule has 1 N–H and O–H groups in total. The minimum Gasteiger partial charge on any atom is -0.494 e. The number of likely N-dealkylation sites (tertiary alicyclic amines) is 1. The third-order valence-electron chi connectivity index (χ3n) is 5.18. The van der Waals surface area contributed by atoms with E-state index in [1.165, 1.54) is 32.4 Å². The van der Waals surface area contributed by atoms with Crippen LogP contribution in [-0.4, -0.2) is 32.0 Å². The van der Waals surface area contributed by atoms with Crippen LogP contribution in [0, 0.1) is 0 Å². The number of nitrogens with one attached hydrogen (secondary N) is 1. The Kier molecular flexibility index (Phi) is 6.84. The molecule has 0 saturated carbocycles. The lowest BCUT2D eigenvalue weighted by Crippen LogP contribution is -3.13. The SMILES string of the molecule is CCCOc1ccc(C(=O)[C@@H](C[NH+]2CCCCC2)c2ccccc2)cc1. The van der Waals surface area contributed by atoms with E-state index in [0.29, 0.717) is 6.61 Å². The van der Waals surface area contributed by atoms with Gasteiger partial charge in [0.2, 0.25) is 0 Å². The molecule has 26 heavy (non-hydrogen) atoms. The molecule has 0 bridgehead atoms. The van der Waals surface area contributed by atoms with Gasteiger partial charge in [-0.15, -0.1) is 0 Å². The zero-order chi connectivity index (χ0) is 18.2. The van der Waals surface area contributed by atoms with E-state index in [0.717, 1.165) is 29.8 Å². The van der Waals surface area contributed by atoms with Crippen LogP contribution in [0.25, 0.3) is 0 Å². The molecule has 0 aliphatic carbocycles. The van der Waals surface area contributed by atoms with Crippen LogP contribution in [0.1, 0.15) is 54.4 Å². The van der Waals surface area contributed by atoms with Gasteiger partial charge in [-0.05, 0) is 55.5 Å². The number of piperidine rings is 1. The van der Waals surface area contributed by atoms with Gasteiger partial charge in [0.05, 0.1) is 32.2 Å². The molecular formula is C23H30NO2+. The first-order valence-corrected chi connectivity index (χ1v) is 9.93. The number of carbonyl (C=O) groups excluding carboxylic acids is 1. The number of Topliss-reactive ketones (excluding diaryl/α,β-unsaturated/α-hetero) is 1. The Morgan fingerprint density at radius 3 is 2.35 bits per heavy atom. The zero-order valence-corrected chi connectivity index (χ0v) is 15.7. The summed E-state index contributed by atoms with van der Waals surface area (Å²) in [5.74, 6) is 0.976. The molecule has 1 saturated heterocycles. The summed E-state index contributed by atoms with van der Waals surface area (Å²) in [6.07, 6.45) is 4.85.